The zero-order valence-electron chi connectivity index (χ0n) is 22.3. The number of primary amides is 1. The van der Waals surface area contributed by atoms with E-state index in [1.807, 2.05) is 24.3 Å². The van der Waals surface area contributed by atoms with E-state index >= 15 is 0 Å². The van der Waals surface area contributed by atoms with Crippen molar-refractivity contribution in [3.05, 3.63) is 70.9 Å². The Hall–Kier alpha value is -4.01. The van der Waals surface area contributed by atoms with E-state index in [1.165, 1.54) is 5.56 Å². The number of carbonyl (C=O) groups excluding carboxylic acids is 1. The minimum atomic E-state index is -0.863. The molecule has 2 fully saturated rings. The molecule has 2 saturated heterocycles. The summed E-state index contributed by atoms with van der Waals surface area (Å²) in [4.78, 5) is 24.9. The van der Waals surface area contributed by atoms with Gasteiger partial charge in [0, 0.05) is 56.0 Å². The van der Waals surface area contributed by atoms with Crippen LogP contribution < -0.4 is 10.5 Å². The van der Waals surface area contributed by atoms with Crippen LogP contribution in [0.4, 0.5) is 0 Å². The molecule has 2 aliphatic heterocycles. The smallest absolute Gasteiger partial charge is 0.317 e. The van der Waals surface area contributed by atoms with Crippen molar-refractivity contribution >= 4 is 5.91 Å². The predicted molar refractivity (Wildman–Crippen MR) is 149 cm³/mol. The predicted octanol–water partition coefficient (Wildman–Crippen LogP) is 1.89. The molecule has 0 saturated carbocycles. The molecule has 10 nitrogen and oxygen atoms in total. The van der Waals surface area contributed by atoms with Gasteiger partial charge in [0.25, 0.3) is 5.91 Å². The summed E-state index contributed by atoms with van der Waals surface area (Å²) in [5.41, 5.74) is 8.90. The maximum Gasteiger partial charge on any atom is 0.317 e. The molecule has 0 spiro atoms. The Balaban J connectivity index is 1.25. The number of carbonyl (C=O) groups is 1. The van der Waals surface area contributed by atoms with E-state index in [0.29, 0.717) is 31.9 Å². The quantitative estimate of drug-likeness (QED) is 0.410. The number of benzene rings is 2. The van der Waals surface area contributed by atoms with Crippen LogP contribution in [-0.2, 0) is 16.0 Å². The van der Waals surface area contributed by atoms with Crippen molar-refractivity contribution in [2.24, 2.45) is 5.73 Å². The van der Waals surface area contributed by atoms with Gasteiger partial charge in [-0.2, -0.15) is 9.97 Å². The first-order chi connectivity index (χ1) is 19.5. The topological polar surface area (TPSA) is 123 Å². The maximum atomic E-state index is 11.9. The Kier molecular flexibility index (Phi) is 9.21. The highest BCUT2D eigenvalue weighted by atomic mass is 16.5. The zero-order valence-corrected chi connectivity index (χ0v) is 22.3. The van der Waals surface area contributed by atoms with Crippen molar-refractivity contribution in [1.29, 1.82) is 0 Å². The van der Waals surface area contributed by atoms with Gasteiger partial charge in [-0.15, -0.1) is 0 Å². The van der Waals surface area contributed by atoms with Gasteiger partial charge < -0.3 is 25.1 Å². The van der Waals surface area contributed by atoms with E-state index in [2.05, 4.69) is 43.7 Å². The summed E-state index contributed by atoms with van der Waals surface area (Å²) in [5.74, 6) is 5.12. The molecule has 3 aromatic rings. The Morgan fingerprint density at radius 2 is 1.45 bits per heavy atom. The highest BCUT2D eigenvalue weighted by molar-refractivity contribution is 5.95. The molecule has 0 aliphatic carbocycles. The second-order valence-electron chi connectivity index (χ2n) is 9.63. The molecular weight excluding hydrogens is 510 g/mol. The van der Waals surface area contributed by atoms with Crippen molar-refractivity contribution < 1.29 is 24.1 Å². The molecule has 0 bridgehead atoms. The number of hydrogen-bond acceptors (Lipinski definition) is 9. The van der Waals surface area contributed by atoms with Gasteiger partial charge in [0.05, 0.1) is 26.4 Å². The van der Waals surface area contributed by atoms with Crippen LogP contribution in [0.5, 0.6) is 11.8 Å². The summed E-state index contributed by atoms with van der Waals surface area (Å²) in [6, 6.07) is 15.5. The lowest BCUT2D eigenvalue weighted by atomic mass is 10.1. The highest BCUT2D eigenvalue weighted by Gasteiger charge is 2.20. The van der Waals surface area contributed by atoms with Crippen LogP contribution in [0.1, 0.15) is 27.2 Å². The Labute approximate surface area is 233 Å². The number of amides is 1. The van der Waals surface area contributed by atoms with Crippen LogP contribution in [0, 0.1) is 11.8 Å². The zero-order chi connectivity index (χ0) is 27.7. The largest absolute Gasteiger partial charge is 0.504 e. The first kappa shape index (κ1) is 27.6. The summed E-state index contributed by atoms with van der Waals surface area (Å²) in [6.07, 6.45) is 0. The minimum Gasteiger partial charge on any atom is -0.504 e. The number of aromatic nitrogens is 2. The lowest BCUT2D eigenvalue weighted by Crippen LogP contribution is -2.38. The van der Waals surface area contributed by atoms with Crippen molar-refractivity contribution in [2.45, 2.75) is 6.54 Å². The molecule has 0 atom stereocenters. The van der Waals surface area contributed by atoms with E-state index in [1.54, 1.807) is 12.1 Å². The van der Waals surface area contributed by atoms with Crippen LogP contribution in [0.15, 0.2) is 48.5 Å². The summed E-state index contributed by atoms with van der Waals surface area (Å²) < 4.78 is 16.5. The summed E-state index contributed by atoms with van der Waals surface area (Å²) in [6.45, 7) is 8.42. The van der Waals surface area contributed by atoms with Crippen LogP contribution >= 0.6 is 0 Å². The molecule has 1 amide bonds. The molecule has 40 heavy (non-hydrogen) atoms. The van der Waals surface area contributed by atoms with E-state index in [0.717, 1.165) is 57.1 Å². The molecular formula is C30H33N5O5. The number of morpholine rings is 2. The van der Waals surface area contributed by atoms with Gasteiger partial charge >= 0.3 is 6.01 Å². The lowest BCUT2D eigenvalue weighted by molar-refractivity contribution is 0.0317. The van der Waals surface area contributed by atoms with Gasteiger partial charge in [-0.1, -0.05) is 36.1 Å². The second-order valence-corrected chi connectivity index (χ2v) is 9.63. The molecule has 2 aromatic carbocycles. The van der Waals surface area contributed by atoms with E-state index in [4.69, 9.17) is 19.9 Å². The molecule has 3 heterocycles. The van der Waals surface area contributed by atoms with Gasteiger partial charge in [0.1, 0.15) is 12.3 Å². The molecule has 5 rings (SSSR count). The van der Waals surface area contributed by atoms with Gasteiger partial charge in [0.15, 0.2) is 11.4 Å². The fourth-order valence-corrected chi connectivity index (χ4v) is 4.53. The third-order valence-corrected chi connectivity index (χ3v) is 6.81. The van der Waals surface area contributed by atoms with Crippen molar-refractivity contribution in [3.63, 3.8) is 0 Å². The number of aromatic hydroxyl groups is 1. The van der Waals surface area contributed by atoms with Crippen LogP contribution in [0.2, 0.25) is 0 Å². The van der Waals surface area contributed by atoms with Crippen molar-refractivity contribution in [3.8, 4) is 34.9 Å². The fraction of sp³-hybridized carbons (Fsp3) is 0.367. The molecule has 0 radical (unpaired) electrons. The Morgan fingerprint density at radius 3 is 2.05 bits per heavy atom. The second kappa shape index (κ2) is 13.4. The van der Waals surface area contributed by atoms with Gasteiger partial charge in [-0.25, -0.2) is 0 Å². The van der Waals surface area contributed by atoms with Crippen LogP contribution in [0.3, 0.4) is 0 Å². The van der Waals surface area contributed by atoms with E-state index in [-0.39, 0.29) is 23.1 Å². The third kappa shape index (κ3) is 7.34. The summed E-state index contributed by atoms with van der Waals surface area (Å²) >= 11 is 0. The molecule has 1 aromatic heterocycles. The Bertz CT molecular complexity index is 1360. The SMILES string of the molecule is NC(=O)c1nc(OCCN2CCOCC2)nc(-c2ccc(C#Cc3ccc(CN4CCOCC4)cc3)cc2)c1O. The third-order valence-electron chi connectivity index (χ3n) is 6.81. The number of nitrogens with two attached hydrogens (primary N) is 1. The average Bonchev–Trinajstić information content (AvgIpc) is 2.99. The van der Waals surface area contributed by atoms with Gasteiger partial charge in [-0.05, 0) is 29.8 Å². The first-order valence-electron chi connectivity index (χ1n) is 13.4. The van der Waals surface area contributed by atoms with Crippen molar-refractivity contribution in [2.75, 3.05) is 65.8 Å². The molecule has 10 heteroatoms. The monoisotopic (exact) mass is 543 g/mol. The Morgan fingerprint density at radius 1 is 0.875 bits per heavy atom. The minimum absolute atomic E-state index is 0.0178. The van der Waals surface area contributed by atoms with E-state index < -0.39 is 5.91 Å². The number of rotatable bonds is 8. The number of ether oxygens (including phenoxy) is 3. The average molecular weight is 544 g/mol. The normalized spacial score (nSPS) is 16.2. The van der Waals surface area contributed by atoms with Gasteiger partial charge in [-0.3, -0.25) is 14.6 Å². The molecule has 2 aliphatic rings. The fourth-order valence-electron chi connectivity index (χ4n) is 4.53. The van der Waals surface area contributed by atoms with Crippen LogP contribution in [-0.4, -0.2) is 96.5 Å². The maximum absolute atomic E-state index is 11.9. The first-order valence-corrected chi connectivity index (χ1v) is 13.4. The van der Waals surface area contributed by atoms with Gasteiger partial charge in [0.2, 0.25) is 0 Å². The van der Waals surface area contributed by atoms with E-state index in [9.17, 15) is 9.90 Å². The number of hydrogen-bond donors (Lipinski definition) is 2. The molecule has 3 N–H and O–H groups in total. The standard InChI is InChI=1S/C30H33N5O5/c31-29(37)27-28(36)26(32-30(33-27)40-20-15-34-11-16-38-17-12-34)25-9-7-23(8-10-25)2-1-22-3-5-24(6-4-22)21-35-13-18-39-19-14-35/h3-10,36H,11-21H2,(H2,31,37). The summed E-state index contributed by atoms with van der Waals surface area (Å²) in [5, 5.41) is 10.7. The molecule has 0 unspecified atom stereocenters. The lowest BCUT2D eigenvalue weighted by Gasteiger charge is -2.26. The highest BCUT2D eigenvalue weighted by Crippen LogP contribution is 2.31. The number of nitrogens with zero attached hydrogens (tertiary/aromatic N) is 4. The van der Waals surface area contributed by atoms with Crippen LogP contribution in [0.25, 0.3) is 11.3 Å². The summed E-state index contributed by atoms with van der Waals surface area (Å²) in [7, 11) is 0. The molecule has 208 valence electrons. The van der Waals surface area contributed by atoms with Crippen molar-refractivity contribution in [1.82, 2.24) is 19.8 Å².